The Bertz CT molecular complexity index is 656. The van der Waals surface area contributed by atoms with E-state index in [9.17, 15) is 9.59 Å². The van der Waals surface area contributed by atoms with Crippen LogP contribution in [0.15, 0.2) is 29.1 Å². The lowest BCUT2D eigenvalue weighted by atomic mass is 10.1. The maximum Gasteiger partial charge on any atom is 0.338 e. The molecule has 0 bridgehead atoms. The second-order valence-corrected chi connectivity index (χ2v) is 4.53. The molecular formula is C14H15NO3. The monoisotopic (exact) mass is 245 g/mol. The first-order chi connectivity index (χ1) is 8.47. The molecule has 0 aliphatic heterocycles. The third-order valence-electron chi connectivity index (χ3n) is 2.54. The Morgan fingerprint density at radius 2 is 2.00 bits per heavy atom. The maximum absolute atomic E-state index is 11.8. The van der Waals surface area contributed by atoms with E-state index in [1.54, 1.807) is 32.0 Å². The van der Waals surface area contributed by atoms with E-state index in [-0.39, 0.29) is 11.5 Å². The van der Waals surface area contributed by atoms with Gasteiger partial charge in [-0.1, -0.05) is 0 Å². The lowest BCUT2D eigenvalue weighted by Gasteiger charge is -2.08. The van der Waals surface area contributed by atoms with Crippen molar-refractivity contribution in [2.75, 3.05) is 0 Å². The van der Waals surface area contributed by atoms with Crippen LogP contribution in [0.25, 0.3) is 10.9 Å². The third-order valence-corrected chi connectivity index (χ3v) is 2.54. The van der Waals surface area contributed by atoms with Gasteiger partial charge in [0.2, 0.25) is 0 Å². The van der Waals surface area contributed by atoms with Crippen molar-refractivity contribution >= 4 is 16.9 Å². The summed E-state index contributed by atoms with van der Waals surface area (Å²) in [5.41, 5.74) is 1.82. The van der Waals surface area contributed by atoms with Crippen molar-refractivity contribution in [1.82, 2.24) is 4.98 Å². The van der Waals surface area contributed by atoms with Crippen LogP contribution < -0.4 is 5.43 Å². The summed E-state index contributed by atoms with van der Waals surface area (Å²) in [5.74, 6) is -0.410. The second kappa shape index (κ2) is 4.64. The molecule has 0 amide bonds. The fourth-order valence-corrected chi connectivity index (χ4v) is 1.79. The molecule has 4 nitrogen and oxygen atoms in total. The van der Waals surface area contributed by atoms with Crippen molar-refractivity contribution in [2.24, 2.45) is 0 Å². The summed E-state index contributed by atoms with van der Waals surface area (Å²) in [7, 11) is 0. The smallest absolute Gasteiger partial charge is 0.338 e. The van der Waals surface area contributed by atoms with Crippen molar-refractivity contribution in [3.05, 3.63) is 45.7 Å². The molecule has 0 unspecified atom stereocenters. The first-order valence-electron chi connectivity index (χ1n) is 5.82. The summed E-state index contributed by atoms with van der Waals surface area (Å²) in [5, 5.41) is 0.499. The lowest BCUT2D eigenvalue weighted by molar-refractivity contribution is 0.0378. The number of ether oxygens (including phenoxy) is 1. The molecule has 1 heterocycles. The average Bonchev–Trinajstić information content (AvgIpc) is 2.27. The van der Waals surface area contributed by atoms with Crippen molar-refractivity contribution in [3.63, 3.8) is 0 Å². The van der Waals surface area contributed by atoms with Crippen LogP contribution in [0.2, 0.25) is 0 Å². The van der Waals surface area contributed by atoms with Gasteiger partial charge in [-0.05, 0) is 39.0 Å². The van der Waals surface area contributed by atoms with Crippen LogP contribution in [0.5, 0.6) is 0 Å². The summed E-state index contributed by atoms with van der Waals surface area (Å²) in [6.07, 6.45) is -0.176. The predicted octanol–water partition coefficient (Wildman–Crippen LogP) is 2.40. The average molecular weight is 245 g/mol. The van der Waals surface area contributed by atoms with Gasteiger partial charge in [0.25, 0.3) is 0 Å². The fourth-order valence-electron chi connectivity index (χ4n) is 1.79. The summed E-state index contributed by atoms with van der Waals surface area (Å²) < 4.78 is 5.10. The number of aryl methyl sites for hydroxylation is 1. The van der Waals surface area contributed by atoms with Gasteiger partial charge in [-0.3, -0.25) is 4.79 Å². The molecule has 0 saturated carbocycles. The van der Waals surface area contributed by atoms with E-state index in [1.165, 1.54) is 6.07 Å². The van der Waals surface area contributed by atoms with Crippen LogP contribution in [-0.4, -0.2) is 17.1 Å². The lowest BCUT2D eigenvalue weighted by Crippen LogP contribution is -2.12. The van der Waals surface area contributed by atoms with Crippen LogP contribution >= 0.6 is 0 Å². The number of H-pyrrole nitrogens is 1. The molecule has 1 aromatic heterocycles. The minimum atomic E-state index is -0.410. The molecule has 1 N–H and O–H groups in total. The van der Waals surface area contributed by atoms with Crippen molar-refractivity contribution in [1.29, 1.82) is 0 Å². The van der Waals surface area contributed by atoms with Crippen molar-refractivity contribution in [3.8, 4) is 0 Å². The SMILES string of the molecule is Cc1cc(=O)c2cc(C(=O)OC(C)C)ccc2[nH]1. The van der Waals surface area contributed by atoms with Crippen molar-refractivity contribution in [2.45, 2.75) is 26.9 Å². The van der Waals surface area contributed by atoms with E-state index in [0.717, 1.165) is 11.2 Å². The largest absolute Gasteiger partial charge is 0.459 e. The zero-order chi connectivity index (χ0) is 13.3. The Hall–Kier alpha value is -2.10. The molecule has 0 radical (unpaired) electrons. The van der Waals surface area contributed by atoms with E-state index < -0.39 is 5.97 Å². The first kappa shape index (κ1) is 12.4. The topological polar surface area (TPSA) is 59.2 Å². The van der Waals surface area contributed by atoms with Crippen LogP contribution in [0.1, 0.15) is 29.9 Å². The second-order valence-electron chi connectivity index (χ2n) is 4.53. The zero-order valence-electron chi connectivity index (χ0n) is 10.6. The third kappa shape index (κ3) is 2.42. The molecular weight excluding hydrogens is 230 g/mol. The summed E-state index contributed by atoms with van der Waals surface area (Å²) >= 11 is 0. The Kier molecular flexibility index (Phi) is 3.19. The number of aromatic nitrogens is 1. The molecule has 0 spiro atoms. The van der Waals surface area contributed by atoms with Gasteiger partial charge in [0, 0.05) is 22.7 Å². The van der Waals surface area contributed by atoms with Gasteiger partial charge < -0.3 is 9.72 Å². The van der Waals surface area contributed by atoms with E-state index in [1.807, 2.05) is 6.92 Å². The number of rotatable bonds is 2. The summed E-state index contributed by atoms with van der Waals surface area (Å²) in [4.78, 5) is 26.7. The molecule has 4 heteroatoms. The minimum Gasteiger partial charge on any atom is -0.459 e. The molecule has 1 aromatic carbocycles. The van der Waals surface area contributed by atoms with Gasteiger partial charge in [0.05, 0.1) is 11.7 Å². The van der Waals surface area contributed by atoms with Gasteiger partial charge in [-0.25, -0.2) is 4.79 Å². The molecule has 0 aliphatic rings. The number of esters is 1. The van der Waals surface area contributed by atoms with Crippen LogP contribution in [0.3, 0.4) is 0 Å². The molecule has 2 aromatic rings. The highest BCUT2D eigenvalue weighted by Gasteiger charge is 2.11. The number of carbonyl (C=O) groups is 1. The number of carbonyl (C=O) groups excluding carboxylic acids is 1. The molecule has 0 fully saturated rings. The van der Waals surface area contributed by atoms with E-state index >= 15 is 0 Å². The number of fused-ring (bicyclic) bond motifs is 1. The van der Waals surface area contributed by atoms with Crippen LogP contribution in [-0.2, 0) is 4.74 Å². The Labute approximate surface area is 105 Å². The predicted molar refractivity (Wildman–Crippen MR) is 69.9 cm³/mol. The van der Waals surface area contributed by atoms with Gasteiger partial charge in [-0.2, -0.15) is 0 Å². The number of benzene rings is 1. The molecule has 18 heavy (non-hydrogen) atoms. The van der Waals surface area contributed by atoms with E-state index in [2.05, 4.69) is 4.98 Å². The highest BCUT2D eigenvalue weighted by Crippen LogP contribution is 2.12. The number of hydrogen-bond acceptors (Lipinski definition) is 3. The highest BCUT2D eigenvalue weighted by molar-refractivity contribution is 5.94. The van der Waals surface area contributed by atoms with Crippen LogP contribution in [0.4, 0.5) is 0 Å². The summed E-state index contributed by atoms with van der Waals surface area (Å²) in [6, 6.07) is 6.46. The van der Waals surface area contributed by atoms with Gasteiger partial charge in [0.15, 0.2) is 5.43 Å². The highest BCUT2D eigenvalue weighted by atomic mass is 16.5. The first-order valence-corrected chi connectivity index (χ1v) is 5.82. The van der Waals surface area contributed by atoms with Gasteiger partial charge in [-0.15, -0.1) is 0 Å². The summed E-state index contributed by atoms with van der Waals surface area (Å²) in [6.45, 7) is 5.39. The number of hydrogen-bond donors (Lipinski definition) is 1. The maximum atomic E-state index is 11.8. The fraction of sp³-hybridized carbons (Fsp3) is 0.286. The number of nitrogens with one attached hydrogen (secondary N) is 1. The number of aromatic amines is 1. The molecule has 0 saturated heterocycles. The van der Waals surface area contributed by atoms with E-state index in [4.69, 9.17) is 4.74 Å². The standard InChI is InChI=1S/C14H15NO3/c1-8(2)18-14(17)10-4-5-12-11(7-10)13(16)6-9(3)15-12/h4-8H,1-3H3,(H,15,16). The normalized spacial score (nSPS) is 10.9. The Morgan fingerprint density at radius 3 is 2.67 bits per heavy atom. The van der Waals surface area contributed by atoms with Crippen LogP contribution in [0, 0.1) is 6.92 Å². The van der Waals surface area contributed by atoms with Gasteiger partial charge in [0.1, 0.15) is 0 Å². The van der Waals surface area contributed by atoms with Gasteiger partial charge >= 0.3 is 5.97 Å². The molecule has 94 valence electrons. The minimum absolute atomic E-state index is 0.0968. The number of pyridine rings is 1. The molecule has 2 rings (SSSR count). The molecule has 0 aliphatic carbocycles. The zero-order valence-corrected chi connectivity index (χ0v) is 10.6. The van der Waals surface area contributed by atoms with Crippen molar-refractivity contribution < 1.29 is 9.53 Å². The molecule has 0 atom stereocenters. The quantitative estimate of drug-likeness (QED) is 0.826. The Morgan fingerprint density at radius 1 is 1.28 bits per heavy atom. The van der Waals surface area contributed by atoms with E-state index in [0.29, 0.717) is 10.9 Å². The Balaban J connectivity index is 2.51.